The summed E-state index contributed by atoms with van der Waals surface area (Å²) < 4.78 is 0. The van der Waals surface area contributed by atoms with Crippen LogP contribution in [0.25, 0.3) is 24.3 Å². The Kier molecular flexibility index (Phi) is 1.10. The minimum atomic E-state index is 0.851. The van der Waals surface area contributed by atoms with Crippen molar-refractivity contribution in [1.82, 2.24) is 0 Å². The van der Waals surface area contributed by atoms with Crippen LogP contribution in [0.5, 0.6) is 0 Å². The normalized spacial score (nSPS) is 15.8. The minimum Gasteiger partial charge on any atom is -0.399 e. The summed E-state index contributed by atoms with van der Waals surface area (Å²) in [7, 11) is 0. The third kappa shape index (κ3) is 0.813. The monoisotopic (exact) mass is 167 g/mol. The van der Waals surface area contributed by atoms with Crippen molar-refractivity contribution in [1.29, 1.82) is 0 Å². The fourth-order valence-corrected chi connectivity index (χ4v) is 1.92. The third-order valence-electron chi connectivity index (χ3n) is 2.53. The summed E-state index contributed by atoms with van der Waals surface area (Å²) >= 11 is 0. The molecule has 0 heterocycles. The molecule has 1 nitrogen and oxygen atoms in total. The molecule has 0 amide bonds. The van der Waals surface area contributed by atoms with Gasteiger partial charge in [0.05, 0.1) is 0 Å². The van der Waals surface area contributed by atoms with Crippen molar-refractivity contribution in [2.75, 3.05) is 0 Å². The summed E-state index contributed by atoms with van der Waals surface area (Å²) in [5, 5.41) is 2.56. The molecule has 2 aliphatic rings. The molecule has 0 radical (unpaired) electrons. The van der Waals surface area contributed by atoms with Gasteiger partial charge in [-0.1, -0.05) is 30.4 Å². The summed E-state index contributed by atoms with van der Waals surface area (Å²) in [6, 6.07) is 4.26. The Morgan fingerprint density at radius 2 is 1.77 bits per heavy atom. The van der Waals surface area contributed by atoms with E-state index in [1.54, 1.807) is 0 Å². The van der Waals surface area contributed by atoms with Crippen LogP contribution >= 0.6 is 0 Å². The van der Waals surface area contributed by atoms with Crippen molar-refractivity contribution >= 4 is 24.3 Å². The second-order valence-corrected chi connectivity index (χ2v) is 3.39. The molecular formula is C12H9N. The fourth-order valence-electron chi connectivity index (χ4n) is 1.92. The molecular weight excluding hydrogens is 158 g/mol. The quantitative estimate of drug-likeness (QED) is 0.601. The summed E-state index contributed by atoms with van der Waals surface area (Å²) in [5.41, 5.74) is 9.12. The zero-order valence-electron chi connectivity index (χ0n) is 7.12. The average molecular weight is 167 g/mol. The molecule has 62 valence electrons. The average Bonchev–Trinajstić information content (AvgIpc) is 2.65. The Morgan fingerprint density at radius 1 is 0.923 bits per heavy atom. The topological polar surface area (TPSA) is 26.0 Å². The van der Waals surface area contributed by atoms with Crippen LogP contribution in [-0.2, 0) is 0 Å². The Bertz CT molecular complexity index is 560. The van der Waals surface area contributed by atoms with Crippen LogP contribution in [0.4, 0.5) is 0 Å². The van der Waals surface area contributed by atoms with Crippen molar-refractivity contribution < 1.29 is 0 Å². The lowest BCUT2D eigenvalue weighted by Gasteiger charge is -1.94. The van der Waals surface area contributed by atoms with Crippen molar-refractivity contribution in [3.05, 3.63) is 45.5 Å². The second-order valence-electron chi connectivity index (χ2n) is 3.39. The van der Waals surface area contributed by atoms with Gasteiger partial charge in [-0.25, -0.2) is 0 Å². The Hall–Kier alpha value is -1.76. The van der Waals surface area contributed by atoms with Crippen LogP contribution in [0.15, 0.2) is 23.9 Å². The molecule has 0 atom stereocenters. The molecule has 0 aromatic heterocycles. The number of benzene rings is 1. The first kappa shape index (κ1) is 6.72. The molecule has 0 spiro atoms. The van der Waals surface area contributed by atoms with Gasteiger partial charge in [-0.3, -0.25) is 0 Å². The predicted molar refractivity (Wildman–Crippen MR) is 55.8 cm³/mol. The van der Waals surface area contributed by atoms with E-state index in [-0.39, 0.29) is 0 Å². The SMILES string of the molecule is NC1=Cc2ccc3c(c2=C1)=CC=C3. The summed E-state index contributed by atoms with van der Waals surface area (Å²) in [4.78, 5) is 0. The number of hydrogen-bond acceptors (Lipinski definition) is 1. The maximum absolute atomic E-state index is 5.75. The molecule has 1 aromatic rings. The third-order valence-corrected chi connectivity index (χ3v) is 2.53. The lowest BCUT2D eigenvalue weighted by atomic mass is 10.1. The molecule has 0 aliphatic heterocycles. The van der Waals surface area contributed by atoms with E-state index in [9.17, 15) is 0 Å². The summed E-state index contributed by atoms with van der Waals surface area (Å²) in [5.74, 6) is 0. The minimum absolute atomic E-state index is 0.851. The highest BCUT2D eigenvalue weighted by Crippen LogP contribution is 2.08. The highest BCUT2D eigenvalue weighted by molar-refractivity contribution is 5.76. The molecule has 0 fully saturated rings. The van der Waals surface area contributed by atoms with E-state index in [1.165, 1.54) is 21.6 Å². The molecule has 2 N–H and O–H groups in total. The van der Waals surface area contributed by atoms with Gasteiger partial charge in [-0.05, 0) is 33.7 Å². The van der Waals surface area contributed by atoms with Gasteiger partial charge >= 0.3 is 0 Å². The summed E-state index contributed by atoms with van der Waals surface area (Å²) in [6.45, 7) is 0. The van der Waals surface area contributed by atoms with Crippen LogP contribution < -0.4 is 16.2 Å². The van der Waals surface area contributed by atoms with Crippen molar-refractivity contribution in [2.24, 2.45) is 5.73 Å². The number of fused-ring (bicyclic) bond motifs is 3. The Balaban J connectivity index is 2.50. The number of allylic oxidation sites excluding steroid dienone is 2. The van der Waals surface area contributed by atoms with E-state index in [1.807, 2.05) is 12.2 Å². The van der Waals surface area contributed by atoms with Gasteiger partial charge in [0, 0.05) is 5.70 Å². The molecule has 0 saturated carbocycles. The van der Waals surface area contributed by atoms with Crippen LogP contribution in [0.3, 0.4) is 0 Å². The molecule has 0 saturated heterocycles. The molecule has 2 aliphatic carbocycles. The fraction of sp³-hybridized carbons (Fsp3) is 0. The van der Waals surface area contributed by atoms with Gasteiger partial charge < -0.3 is 5.73 Å². The Labute approximate surface area is 76.2 Å². The smallest absolute Gasteiger partial charge is 0.0326 e. The lowest BCUT2D eigenvalue weighted by molar-refractivity contribution is 1.49. The number of rotatable bonds is 0. The van der Waals surface area contributed by atoms with Crippen LogP contribution in [0, 0.1) is 0 Å². The van der Waals surface area contributed by atoms with E-state index < -0.39 is 0 Å². The first-order chi connectivity index (χ1) is 6.34. The largest absolute Gasteiger partial charge is 0.399 e. The van der Waals surface area contributed by atoms with E-state index in [4.69, 9.17) is 5.73 Å². The van der Waals surface area contributed by atoms with Crippen LogP contribution in [-0.4, -0.2) is 0 Å². The molecule has 0 bridgehead atoms. The molecule has 1 aromatic carbocycles. The predicted octanol–water partition coefficient (Wildman–Crippen LogP) is 0.588. The Morgan fingerprint density at radius 3 is 2.69 bits per heavy atom. The highest BCUT2D eigenvalue weighted by Gasteiger charge is 2.06. The van der Waals surface area contributed by atoms with Crippen molar-refractivity contribution in [2.45, 2.75) is 0 Å². The van der Waals surface area contributed by atoms with Crippen molar-refractivity contribution in [3.8, 4) is 0 Å². The standard InChI is InChI=1S/C12H9N/c13-10-6-9-5-4-8-2-1-3-11(8)12(9)7-10/h1-7H,13H2. The van der Waals surface area contributed by atoms with E-state index in [0.29, 0.717) is 0 Å². The number of nitrogens with two attached hydrogens (primary N) is 1. The highest BCUT2D eigenvalue weighted by atomic mass is 14.6. The van der Waals surface area contributed by atoms with E-state index in [2.05, 4.69) is 30.4 Å². The van der Waals surface area contributed by atoms with Gasteiger partial charge in [0.15, 0.2) is 0 Å². The van der Waals surface area contributed by atoms with Crippen LogP contribution in [0.2, 0.25) is 0 Å². The van der Waals surface area contributed by atoms with Gasteiger partial charge in [-0.2, -0.15) is 0 Å². The van der Waals surface area contributed by atoms with Crippen LogP contribution in [0.1, 0.15) is 11.1 Å². The first-order valence-corrected chi connectivity index (χ1v) is 4.35. The summed E-state index contributed by atoms with van der Waals surface area (Å²) in [6.07, 6.45) is 10.4. The molecule has 13 heavy (non-hydrogen) atoms. The zero-order chi connectivity index (χ0) is 8.84. The van der Waals surface area contributed by atoms with Gasteiger partial charge in [0.2, 0.25) is 0 Å². The van der Waals surface area contributed by atoms with Crippen molar-refractivity contribution in [3.63, 3.8) is 0 Å². The second kappa shape index (κ2) is 2.13. The molecule has 0 unspecified atom stereocenters. The van der Waals surface area contributed by atoms with Gasteiger partial charge in [0.1, 0.15) is 0 Å². The van der Waals surface area contributed by atoms with Gasteiger partial charge in [0.25, 0.3) is 0 Å². The first-order valence-electron chi connectivity index (χ1n) is 4.35. The zero-order valence-corrected chi connectivity index (χ0v) is 7.12. The molecule has 3 rings (SSSR count). The maximum Gasteiger partial charge on any atom is 0.0326 e. The van der Waals surface area contributed by atoms with Gasteiger partial charge in [-0.15, -0.1) is 0 Å². The van der Waals surface area contributed by atoms with E-state index >= 15 is 0 Å². The lowest BCUT2D eigenvalue weighted by Crippen LogP contribution is -2.26. The number of hydrogen-bond donors (Lipinski definition) is 1. The maximum atomic E-state index is 5.75. The van der Waals surface area contributed by atoms with E-state index in [0.717, 1.165) is 5.70 Å². The molecule has 1 heteroatoms.